The van der Waals surface area contributed by atoms with Crippen molar-refractivity contribution in [2.45, 2.75) is 52.1 Å². The number of benzene rings is 1. The van der Waals surface area contributed by atoms with Crippen molar-refractivity contribution >= 4 is 5.91 Å². The van der Waals surface area contributed by atoms with Crippen molar-refractivity contribution in [3.63, 3.8) is 0 Å². The van der Waals surface area contributed by atoms with Gasteiger partial charge in [0.2, 0.25) is 0 Å². The van der Waals surface area contributed by atoms with Crippen molar-refractivity contribution in [1.82, 2.24) is 15.1 Å². The van der Waals surface area contributed by atoms with E-state index in [0.717, 1.165) is 23.6 Å². The summed E-state index contributed by atoms with van der Waals surface area (Å²) in [6.07, 6.45) is -1.70. The molecule has 0 saturated heterocycles. The Bertz CT molecular complexity index is 821. The van der Waals surface area contributed by atoms with Crippen LogP contribution < -0.4 is 5.32 Å². The number of nitrogens with one attached hydrogen (secondary N) is 1. The molecule has 2 aromatic rings. The van der Waals surface area contributed by atoms with E-state index in [1.165, 1.54) is 12.3 Å². The standard InChI is InChI=1S/C19H24F3N3O2/c1-5-6-8-23-17(27)13-10-12(11-14(16(13)26)18(2,3)4)25-9-7-15(24-25)19(20,21)22/h7,9-11,26H,5-6,8H2,1-4H3,(H,23,27). The Kier molecular flexibility index (Phi) is 5.87. The van der Waals surface area contributed by atoms with Crippen LogP contribution in [0.2, 0.25) is 0 Å². The van der Waals surface area contributed by atoms with Crippen molar-refractivity contribution in [2.24, 2.45) is 0 Å². The van der Waals surface area contributed by atoms with Crippen molar-refractivity contribution in [1.29, 1.82) is 0 Å². The van der Waals surface area contributed by atoms with Gasteiger partial charge in [0.25, 0.3) is 5.91 Å². The van der Waals surface area contributed by atoms with Crippen LogP contribution in [0.4, 0.5) is 13.2 Å². The summed E-state index contributed by atoms with van der Waals surface area (Å²) in [5.74, 6) is -0.653. The number of hydrogen-bond acceptors (Lipinski definition) is 3. The van der Waals surface area contributed by atoms with Crippen LogP contribution >= 0.6 is 0 Å². The molecule has 0 aliphatic heterocycles. The number of alkyl halides is 3. The first-order valence-electron chi connectivity index (χ1n) is 8.74. The van der Waals surface area contributed by atoms with Crippen molar-refractivity contribution in [2.75, 3.05) is 6.54 Å². The fraction of sp³-hybridized carbons (Fsp3) is 0.474. The third kappa shape index (κ3) is 4.81. The van der Waals surface area contributed by atoms with Crippen LogP contribution in [0.5, 0.6) is 5.75 Å². The van der Waals surface area contributed by atoms with Gasteiger partial charge in [-0.3, -0.25) is 4.79 Å². The van der Waals surface area contributed by atoms with E-state index in [0.29, 0.717) is 12.1 Å². The molecule has 1 amide bonds. The number of unbranched alkanes of at least 4 members (excludes halogenated alkanes) is 1. The summed E-state index contributed by atoms with van der Waals surface area (Å²) in [5, 5.41) is 16.9. The Morgan fingerprint density at radius 2 is 1.93 bits per heavy atom. The molecule has 0 saturated carbocycles. The number of hydrogen-bond donors (Lipinski definition) is 2. The number of amides is 1. The van der Waals surface area contributed by atoms with E-state index in [-0.39, 0.29) is 17.0 Å². The van der Waals surface area contributed by atoms with Crippen molar-refractivity contribution in [3.05, 3.63) is 41.2 Å². The summed E-state index contributed by atoms with van der Waals surface area (Å²) in [7, 11) is 0. The van der Waals surface area contributed by atoms with Gasteiger partial charge in [0.1, 0.15) is 5.75 Å². The molecule has 148 valence electrons. The minimum absolute atomic E-state index is 0.0117. The molecule has 5 nitrogen and oxygen atoms in total. The molecule has 0 unspecified atom stereocenters. The predicted molar refractivity (Wildman–Crippen MR) is 96.2 cm³/mol. The van der Waals surface area contributed by atoms with Gasteiger partial charge in [-0.15, -0.1) is 0 Å². The smallest absolute Gasteiger partial charge is 0.435 e. The molecule has 1 heterocycles. The van der Waals surface area contributed by atoms with Crippen LogP contribution in [0.1, 0.15) is 62.2 Å². The summed E-state index contributed by atoms with van der Waals surface area (Å²) in [4.78, 5) is 12.5. The maximum atomic E-state index is 12.9. The quantitative estimate of drug-likeness (QED) is 0.751. The zero-order valence-corrected chi connectivity index (χ0v) is 15.8. The molecule has 0 radical (unpaired) electrons. The van der Waals surface area contributed by atoms with E-state index in [4.69, 9.17) is 0 Å². The zero-order chi connectivity index (χ0) is 20.4. The molecule has 2 N–H and O–H groups in total. The Balaban J connectivity index is 2.53. The first-order valence-corrected chi connectivity index (χ1v) is 8.74. The number of phenolic OH excluding ortho intramolecular Hbond substituents is 1. The molecular weight excluding hydrogens is 359 g/mol. The van der Waals surface area contributed by atoms with Gasteiger partial charge in [-0.25, -0.2) is 4.68 Å². The molecule has 8 heteroatoms. The van der Waals surface area contributed by atoms with E-state index in [2.05, 4.69) is 10.4 Å². The van der Waals surface area contributed by atoms with Gasteiger partial charge in [0.05, 0.1) is 11.3 Å². The van der Waals surface area contributed by atoms with Gasteiger partial charge in [0, 0.05) is 18.3 Å². The average Bonchev–Trinajstić information content (AvgIpc) is 3.04. The highest BCUT2D eigenvalue weighted by atomic mass is 19.4. The Hall–Kier alpha value is -2.51. The largest absolute Gasteiger partial charge is 0.507 e. The lowest BCUT2D eigenvalue weighted by molar-refractivity contribution is -0.141. The highest BCUT2D eigenvalue weighted by Gasteiger charge is 2.34. The Morgan fingerprint density at radius 1 is 1.26 bits per heavy atom. The Labute approximate surface area is 156 Å². The van der Waals surface area contributed by atoms with Gasteiger partial charge >= 0.3 is 6.18 Å². The second-order valence-electron chi connectivity index (χ2n) is 7.39. The van der Waals surface area contributed by atoms with Gasteiger partial charge in [-0.2, -0.15) is 18.3 Å². The number of nitrogens with zero attached hydrogens (tertiary/aromatic N) is 2. The van der Waals surface area contributed by atoms with Crippen LogP contribution in [0.25, 0.3) is 5.69 Å². The molecule has 0 aliphatic rings. The van der Waals surface area contributed by atoms with Crippen LogP contribution in [0.15, 0.2) is 24.4 Å². The normalized spacial score (nSPS) is 12.3. The van der Waals surface area contributed by atoms with Crippen LogP contribution in [0, 0.1) is 0 Å². The lowest BCUT2D eigenvalue weighted by atomic mass is 9.84. The number of carbonyl (C=O) groups is 1. The fourth-order valence-electron chi connectivity index (χ4n) is 2.59. The molecule has 1 aromatic carbocycles. The van der Waals surface area contributed by atoms with E-state index in [1.807, 2.05) is 27.7 Å². The van der Waals surface area contributed by atoms with Crippen LogP contribution in [0.3, 0.4) is 0 Å². The molecule has 0 atom stereocenters. The highest BCUT2D eigenvalue weighted by Crippen LogP contribution is 2.36. The number of rotatable bonds is 5. The number of halogens is 3. The molecule has 0 spiro atoms. The van der Waals surface area contributed by atoms with E-state index < -0.39 is 23.2 Å². The number of aromatic hydroxyl groups is 1. The van der Waals surface area contributed by atoms with Crippen molar-refractivity contribution < 1.29 is 23.1 Å². The third-order valence-electron chi connectivity index (χ3n) is 4.11. The maximum absolute atomic E-state index is 12.9. The summed E-state index contributed by atoms with van der Waals surface area (Å²) in [5.41, 5.74) is -0.823. The topological polar surface area (TPSA) is 67.2 Å². The van der Waals surface area contributed by atoms with Gasteiger partial charge in [0.15, 0.2) is 5.69 Å². The Morgan fingerprint density at radius 3 is 2.44 bits per heavy atom. The highest BCUT2D eigenvalue weighted by molar-refractivity contribution is 5.98. The second kappa shape index (κ2) is 7.62. The maximum Gasteiger partial charge on any atom is 0.435 e. The first-order chi connectivity index (χ1) is 12.4. The summed E-state index contributed by atoms with van der Waals surface area (Å²) in [6, 6.07) is 3.76. The van der Waals surface area contributed by atoms with Crippen LogP contribution in [-0.2, 0) is 11.6 Å². The molecule has 0 aliphatic carbocycles. The molecule has 0 bridgehead atoms. The molecule has 27 heavy (non-hydrogen) atoms. The third-order valence-corrected chi connectivity index (χ3v) is 4.11. The van der Waals surface area contributed by atoms with E-state index in [9.17, 15) is 23.1 Å². The SMILES string of the molecule is CCCCNC(=O)c1cc(-n2ccc(C(F)(F)F)n2)cc(C(C)(C)C)c1O. The molecule has 2 rings (SSSR count). The first kappa shape index (κ1) is 20.8. The zero-order valence-electron chi connectivity index (χ0n) is 15.8. The number of carbonyl (C=O) groups excluding carboxylic acids is 1. The van der Waals surface area contributed by atoms with E-state index >= 15 is 0 Å². The summed E-state index contributed by atoms with van der Waals surface area (Å²) < 4.78 is 39.6. The monoisotopic (exact) mass is 383 g/mol. The lowest BCUT2D eigenvalue weighted by Crippen LogP contribution is -2.25. The van der Waals surface area contributed by atoms with Gasteiger partial charge < -0.3 is 10.4 Å². The number of aromatic nitrogens is 2. The fourth-order valence-corrected chi connectivity index (χ4v) is 2.59. The molecule has 0 fully saturated rings. The number of phenols is 1. The lowest BCUT2D eigenvalue weighted by Gasteiger charge is -2.23. The van der Waals surface area contributed by atoms with Gasteiger partial charge in [-0.05, 0) is 30.0 Å². The average molecular weight is 383 g/mol. The molecular formula is C19H24F3N3O2. The minimum Gasteiger partial charge on any atom is -0.507 e. The minimum atomic E-state index is -4.56. The van der Waals surface area contributed by atoms with Crippen LogP contribution in [-0.4, -0.2) is 27.3 Å². The van der Waals surface area contributed by atoms with E-state index in [1.54, 1.807) is 6.07 Å². The second-order valence-corrected chi connectivity index (χ2v) is 7.39. The molecule has 1 aromatic heterocycles. The summed E-state index contributed by atoms with van der Waals surface area (Å²) >= 11 is 0. The van der Waals surface area contributed by atoms with Gasteiger partial charge in [-0.1, -0.05) is 34.1 Å². The summed E-state index contributed by atoms with van der Waals surface area (Å²) in [6.45, 7) is 7.96. The predicted octanol–water partition coefficient (Wildman–Crippen LogP) is 4.42. The van der Waals surface area contributed by atoms with Crippen molar-refractivity contribution in [3.8, 4) is 11.4 Å².